The second kappa shape index (κ2) is 4.74. The van der Waals surface area contributed by atoms with Crippen molar-refractivity contribution >= 4 is 27.9 Å². The lowest BCUT2D eigenvalue weighted by Crippen LogP contribution is -2.14. The highest BCUT2D eigenvalue weighted by Gasteiger charge is 2.19. The number of carbonyl (C=O) groups excluding carboxylic acids is 1. The molecule has 4 N–H and O–H groups in total. The van der Waals surface area contributed by atoms with Gasteiger partial charge in [-0.25, -0.2) is 0 Å². The van der Waals surface area contributed by atoms with Gasteiger partial charge in [0, 0.05) is 4.88 Å². The summed E-state index contributed by atoms with van der Waals surface area (Å²) in [5, 5.41) is 18.8. The van der Waals surface area contributed by atoms with E-state index in [2.05, 4.69) is 21.6 Å². The van der Waals surface area contributed by atoms with Crippen molar-refractivity contribution in [1.29, 1.82) is 5.26 Å². The van der Waals surface area contributed by atoms with Crippen LogP contribution in [-0.4, -0.2) is 16.1 Å². The van der Waals surface area contributed by atoms with Gasteiger partial charge in [0.05, 0.1) is 16.9 Å². The predicted molar refractivity (Wildman–Crippen MR) is 74.2 cm³/mol. The lowest BCUT2D eigenvalue weighted by molar-refractivity contribution is 0.102. The van der Waals surface area contributed by atoms with Gasteiger partial charge >= 0.3 is 0 Å². The SMILES string of the molecule is Cc1[nH]nc(C(=O)Nc2sc(C)c(C)c2C#N)c1N. The van der Waals surface area contributed by atoms with Crippen LogP contribution in [0.2, 0.25) is 0 Å². The first-order valence-corrected chi connectivity index (χ1v) is 6.39. The summed E-state index contributed by atoms with van der Waals surface area (Å²) in [6.07, 6.45) is 0. The van der Waals surface area contributed by atoms with Crippen molar-refractivity contribution in [2.45, 2.75) is 20.8 Å². The number of H-pyrrole nitrogens is 1. The normalized spacial score (nSPS) is 10.2. The number of nitrogens with zero attached hydrogens (tertiary/aromatic N) is 2. The number of nitriles is 1. The van der Waals surface area contributed by atoms with Gasteiger partial charge in [-0.1, -0.05) is 0 Å². The van der Waals surface area contributed by atoms with E-state index in [4.69, 9.17) is 11.0 Å². The fraction of sp³-hybridized carbons (Fsp3) is 0.250. The highest BCUT2D eigenvalue weighted by molar-refractivity contribution is 7.16. The molecule has 98 valence electrons. The molecule has 0 aliphatic carbocycles. The van der Waals surface area contributed by atoms with Crippen molar-refractivity contribution in [3.05, 3.63) is 27.4 Å². The minimum atomic E-state index is -0.417. The molecular formula is C12H13N5OS. The molecule has 2 aromatic rings. The van der Waals surface area contributed by atoms with Gasteiger partial charge in [0.15, 0.2) is 5.69 Å². The van der Waals surface area contributed by atoms with E-state index in [1.54, 1.807) is 6.92 Å². The monoisotopic (exact) mass is 275 g/mol. The maximum Gasteiger partial charge on any atom is 0.278 e. The second-order valence-corrected chi connectivity index (χ2v) is 5.39. The Balaban J connectivity index is 2.32. The number of thiophene rings is 1. The van der Waals surface area contributed by atoms with E-state index in [9.17, 15) is 4.79 Å². The van der Waals surface area contributed by atoms with Gasteiger partial charge in [0.2, 0.25) is 0 Å². The van der Waals surface area contributed by atoms with Crippen LogP contribution >= 0.6 is 11.3 Å². The van der Waals surface area contributed by atoms with Crippen molar-refractivity contribution in [3.8, 4) is 6.07 Å². The minimum absolute atomic E-state index is 0.144. The Morgan fingerprint density at radius 2 is 2.16 bits per heavy atom. The van der Waals surface area contributed by atoms with Gasteiger partial charge in [-0.3, -0.25) is 9.89 Å². The zero-order valence-electron chi connectivity index (χ0n) is 10.8. The Kier molecular flexibility index (Phi) is 3.27. The average Bonchev–Trinajstić information content (AvgIpc) is 2.82. The molecule has 0 radical (unpaired) electrons. The number of rotatable bonds is 2. The molecule has 0 atom stereocenters. The molecule has 6 nitrogen and oxygen atoms in total. The standard InChI is InChI=1S/C12H13N5OS/c1-5-7(3)19-12(8(5)4-13)15-11(18)10-9(14)6(2)16-17-10/h14H2,1-3H3,(H,15,18)(H,16,17). The predicted octanol–water partition coefficient (Wildman–Crippen LogP) is 2.10. The molecule has 2 rings (SSSR count). The van der Waals surface area contributed by atoms with Gasteiger partial charge in [-0.05, 0) is 26.3 Å². The zero-order chi connectivity index (χ0) is 14.2. The van der Waals surface area contributed by atoms with E-state index in [0.29, 0.717) is 21.9 Å². The first-order chi connectivity index (χ1) is 8.95. The first kappa shape index (κ1) is 13.1. The topological polar surface area (TPSA) is 108 Å². The van der Waals surface area contributed by atoms with Gasteiger partial charge < -0.3 is 11.1 Å². The Hall–Kier alpha value is -2.33. The zero-order valence-corrected chi connectivity index (χ0v) is 11.6. The number of hydrogen-bond donors (Lipinski definition) is 3. The molecule has 0 bridgehead atoms. The first-order valence-electron chi connectivity index (χ1n) is 5.57. The molecule has 0 fully saturated rings. The van der Waals surface area contributed by atoms with E-state index in [1.807, 2.05) is 13.8 Å². The molecule has 0 spiro atoms. The van der Waals surface area contributed by atoms with Crippen LogP contribution in [0.1, 0.15) is 32.2 Å². The molecule has 0 aliphatic heterocycles. The van der Waals surface area contributed by atoms with Crippen molar-refractivity contribution in [1.82, 2.24) is 10.2 Å². The Morgan fingerprint density at radius 3 is 2.68 bits per heavy atom. The number of nitrogens with one attached hydrogen (secondary N) is 2. The number of aromatic amines is 1. The smallest absolute Gasteiger partial charge is 0.278 e. The quantitative estimate of drug-likeness (QED) is 0.780. The second-order valence-electron chi connectivity index (χ2n) is 4.16. The Morgan fingerprint density at radius 1 is 1.47 bits per heavy atom. The summed E-state index contributed by atoms with van der Waals surface area (Å²) in [7, 11) is 0. The molecule has 0 unspecified atom stereocenters. The molecule has 19 heavy (non-hydrogen) atoms. The summed E-state index contributed by atoms with van der Waals surface area (Å²) in [6.45, 7) is 5.50. The van der Waals surface area contributed by atoms with E-state index in [0.717, 1.165) is 10.4 Å². The van der Waals surface area contributed by atoms with E-state index in [-0.39, 0.29) is 5.69 Å². The van der Waals surface area contributed by atoms with Crippen LogP contribution in [0, 0.1) is 32.1 Å². The number of carbonyl (C=O) groups is 1. The Bertz CT molecular complexity index is 692. The molecule has 0 aliphatic rings. The number of aromatic nitrogens is 2. The Labute approximate surface area is 114 Å². The van der Waals surface area contributed by atoms with E-state index < -0.39 is 5.91 Å². The summed E-state index contributed by atoms with van der Waals surface area (Å²) < 4.78 is 0. The van der Waals surface area contributed by atoms with Crippen molar-refractivity contribution in [3.63, 3.8) is 0 Å². The molecule has 0 saturated heterocycles. The van der Waals surface area contributed by atoms with Crippen LogP contribution in [0.3, 0.4) is 0 Å². The summed E-state index contributed by atoms with van der Waals surface area (Å²) in [4.78, 5) is 13.1. The van der Waals surface area contributed by atoms with Crippen molar-refractivity contribution in [2.75, 3.05) is 11.1 Å². The highest BCUT2D eigenvalue weighted by atomic mass is 32.1. The molecule has 0 aromatic carbocycles. The number of amides is 1. The van der Waals surface area contributed by atoms with E-state index in [1.165, 1.54) is 11.3 Å². The summed E-state index contributed by atoms with van der Waals surface area (Å²) in [6, 6.07) is 2.10. The van der Waals surface area contributed by atoms with Crippen molar-refractivity contribution < 1.29 is 4.79 Å². The number of nitrogen functional groups attached to an aromatic ring is 1. The summed E-state index contributed by atoms with van der Waals surface area (Å²) in [5.41, 5.74) is 8.22. The lowest BCUT2D eigenvalue weighted by Gasteiger charge is -2.01. The van der Waals surface area contributed by atoms with Crippen LogP contribution in [0.15, 0.2) is 0 Å². The highest BCUT2D eigenvalue weighted by Crippen LogP contribution is 2.32. The lowest BCUT2D eigenvalue weighted by atomic mass is 10.2. The van der Waals surface area contributed by atoms with Gasteiger partial charge in [0.1, 0.15) is 11.1 Å². The number of nitrogens with two attached hydrogens (primary N) is 1. The fourth-order valence-electron chi connectivity index (χ4n) is 1.62. The maximum absolute atomic E-state index is 12.1. The third-order valence-electron chi connectivity index (χ3n) is 2.93. The van der Waals surface area contributed by atoms with Crippen LogP contribution in [0.4, 0.5) is 10.7 Å². The molecule has 7 heteroatoms. The molecular weight excluding hydrogens is 262 g/mol. The molecule has 1 amide bonds. The average molecular weight is 275 g/mol. The number of aryl methyl sites for hydroxylation is 2. The van der Waals surface area contributed by atoms with Crippen LogP contribution in [-0.2, 0) is 0 Å². The van der Waals surface area contributed by atoms with Crippen molar-refractivity contribution in [2.24, 2.45) is 0 Å². The largest absolute Gasteiger partial charge is 0.395 e. The summed E-state index contributed by atoms with van der Waals surface area (Å²) >= 11 is 1.37. The summed E-state index contributed by atoms with van der Waals surface area (Å²) in [5.74, 6) is -0.417. The van der Waals surface area contributed by atoms with Gasteiger partial charge in [0.25, 0.3) is 5.91 Å². The van der Waals surface area contributed by atoms with Crippen LogP contribution in [0.25, 0.3) is 0 Å². The fourth-order valence-corrected chi connectivity index (χ4v) is 2.63. The van der Waals surface area contributed by atoms with Crippen LogP contribution < -0.4 is 11.1 Å². The minimum Gasteiger partial charge on any atom is -0.395 e. The maximum atomic E-state index is 12.1. The third-order valence-corrected chi connectivity index (χ3v) is 4.06. The number of anilines is 2. The van der Waals surface area contributed by atoms with Gasteiger partial charge in [-0.15, -0.1) is 11.3 Å². The molecule has 2 heterocycles. The number of hydrogen-bond acceptors (Lipinski definition) is 5. The van der Waals surface area contributed by atoms with E-state index >= 15 is 0 Å². The third kappa shape index (κ3) is 2.18. The van der Waals surface area contributed by atoms with Gasteiger partial charge in [-0.2, -0.15) is 10.4 Å². The molecule has 2 aromatic heterocycles. The molecule has 0 saturated carbocycles. The van der Waals surface area contributed by atoms with Crippen LogP contribution in [0.5, 0.6) is 0 Å².